The molecule has 1 aliphatic heterocycles. The van der Waals surface area contributed by atoms with Crippen molar-refractivity contribution >= 4 is 11.6 Å². The van der Waals surface area contributed by atoms with Gasteiger partial charge in [0.25, 0.3) is 5.56 Å². The van der Waals surface area contributed by atoms with Gasteiger partial charge in [-0.25, -0.2) is 9.49 Å². The number of carbonyl (C=O) groups is 1. The van der Waals surface area contributed by atoms with Crippen LogP contribution in [0.25, 0.3) is 0 Å². The van der Waals surface area contributed by atoms with Gasteiger partial charge >= 0.3 is 0 Å². The Morgan fingerprint density at radius 1 is 1.42 bits per heavy atom. The zero-order valence-electron chi connectivity index (χ0n) is 13.2. The fourth-order valence-corrected chi connectivity index (χ4v) is 2.94. The summed E-state index contributed by atoms with van der Waals surface area (Å²) < 4.78 is 13.2. The van der Waals surface area contributed by atoms with Crippen molar-refractivity contribution in [3.05, 3.63) is 58.3 Å². The third-order valence-electron chi connectivity index (χ3n) is 4.16. The average molecular weight is 330 g/mol. The minimum Gasteiger partial charge on any atom is -0.369 e. The van der Waals surface area contributed by atoms with Gasteiger partial charge in [0.15, 0.2) is 0 Å². The monoisotopic (exact) mass is 330 g/mol. The van der Waals surface area contributed by atoms with Gasteiger partial charge in [-0.15, -0.1) is 0 Å². The molecule has 1 fully saturated rings. The maximum absolute atomic E-state index is 13.2. The van der Waals surface area contributed by atoms with E-state index in [0.29, 0.717) is 13.1 Å². The molecule has 1 unspecified atom stereocenters. The number of rotatable bonds is 4. The van der Waals surface area contributed by atoms with Gasteiger partial charge in [0.2, 0.25) is 5.91 Å². The molecular formula is C17H19FN4O2. The summed E-state index contributed by atoms with van der Waals surface area (Å²) in [6.07, 6.45) is 3.25. The highest BCUT2D eigenvalue weighted by Crippen LogP contribution is 2.21. The number of nitrogens with one attached hydrogen (secondary N) is 2. The highest BCUT2D eigenvalue weighted by atomic mass is 19.1. The molecule has 0 radical (unpaired) electrons. The molecule has 1 aromatic heterocycles. The first kappa shape index (κ1) is 16.2. The molecule has 2 N–H and O–H groups in total. The molecule has 0 bridgehead atoms. The van der Waals surface area contributed by atoms with Crippen LogP contribution in [0.3, 0.4) is 0 Å². The molecule has 126 valence electrons. The molecule has 1 saturated heterocycles. The largest absolute Gasteiger partial charge is 0.369 e. The summed E-state index contributed by atoms with van der Waals surface area (Å²) in [5.41, 5.74) is 1.20. The molecule has 6 nitrogen and oxygen atoms in total. The third-order valence-corrected chi connectivity index (χ3v) is 4.16. The van der Waals surface area contributed by atoms with Crippen molar-refractivity contribution in [2.24, 2.45) is 5.92 Å². The van der Waals surface area contributed by atoms with Gasteiger partial charge in [-0.2, -0.15) is 5.10 Å². The molecule has 1 aromatic carbocycles. The summed E-state index contributed by atoms with van der Waals surface area (Å²) in [4.78, 5) is 25.8. The number of anilines is 1. The standard InChI is InChI=1S/C17H19FN4O2/c18-14-5-1-3-12(7-14)9-19-17(24)13-4-2-6-22(11-13)15-8-16(23)21-20-10-15/h1,3,5,7-8,10,13H,2,4,6,9,11H2,(H,19,24)(H,21,23). The first-order valence-corrected chi connectivity index (χ1v) is 7.93. The van der Waals surface area contributed by atoms with E-state index in [1.54, 1.807) is 18.3 Å². The van der Waals surface area contributed by atoms with E-state index in [4.69, 9.17) is 0 Å². The Balaban J connectivity index is 1.60. The molecule has 2 heterocycles. The second kappa shape index (κ2) is 7.25. The van der Waals surface area contributed by atoms with Crippen LogP contribution >= 0.6 is 0 Å². The molecular weight excluding hydrogens is 311 g/mol. The second-order valence-electron chi connectivity index (χ2n) is 5.94. The summed E-state index contributed by atoms with van der Waals surface area (Å²) in [7, 11) is 0. The number of carbonyl (C=O) groups excluding carboxylic acids is 1. The lowest BCUT2D eigenvalue weighted by atomic mass is 9.96. The fourth-order valence-electron chi connectivity index (χ4n) is 2.94. The van der Waals surface area contributed by atoms with E-state index in [-0.39, 0.29) is 23.2 Å². The van der Waals surface area contributed by atoms with Crippen molar-refractivity contribution in [3.63, 3.8) is 0 Å². The highest BCUT2D eigenvalue weighted by Gasteiger charge is 2.26. The van der Waals surface area contributed by atoms with Crippen LogP contribution in [0.4, 0.5) is 10.1 Å². The van der Waals surface area contributed by atoms with Crippen molar-refractivity contribution in [1.29, 1.82) is 0 Å². The molecule has 3 rings (SSSR count). The normalized spacial score (nSPS) is 17.5. The predicted molar refractivity (Wildman–Crippen MR) is 88.0 cm³/mol. The molecule has 7 heteroatoms. The SMILES string of the molecule is O=C(NCc1cccc(F)c1)C1CCCN(c2cn[nH]c(=O)c2)C1. The van der Waals surface area contributed by atoms with E-state index in [1.807, 2.05) is 4.90 Å². The minimum atomic E-state index is -0.313. The van der Waals surface area contributed by atoms with E-state index in [0.717, 1.165) is 30.6 Å². The summed E-state index contributed by atoms with van der Waals surface area (Å²) in [6, 6.07) is 7.67. The van der Waals surface area contributed by atoms with Crippen molar-refractivity contribution < 1.29 is 9.18 Å². The molecule has 1 amide bonds. The Morgan fingerprint density at radius 3 is 3.08 bits per heavy atom. The van der Waals surface area contributed by atoms with Gasteiger partial charge in [-0.3, -0.25) is 9.59 Å². The first-order chi connectivity index (χ1) is 11.6. The van der Waals surface area contributed by atoms with Gasteiger partial charge < -0.3 is 10.2 Å². The lowest BCUT2D eigenvalue weighted by Crippen LogP contribution is -2.43. The minimum absolute atomic E-state index is 0.0539. The number of benzene rings is 1. The number of hydrogen-bond donors (Lipinski definition) is 2. The van der Waals surface area contributed by atoms with Crippen LogP contribution in [0.5, 0.6) is 0 Å². The quantitative estimate of drug-likeness (QED) is 0.889. The molecule has 2 aromatic rings. The van der Waals surface area contributed by atoms with Gasteiger partial charge in [-0.05, 0) is 30.5 Å². The summed E-state index contributed by atoms with van der Waals surface area (Å²) in [6.45, 7) is 1.64. The number of hydrogen-bond acceptors (Lipinski definition) is 4. The first-order valence-electron chi connectivity index (χ1n) is 7.93. The van der Waals surface area contributed by atoms with E-state index in [2.05, 4.69) is 15.5 Å². The lowest BCUT2D eigenvalue weighted by Gasteiger charge is -2.33. The van der Waals surface area contributed by atoms with Gasteiger partial charge in [0.05, 0.1) is 17.8 Å². The van der Waals surface area contributed by atoms with Crippen molar-refractivity contribution in [2.45, 2.75) is 19.4 Å². The van der Waals surface area contributed by atoms with Gasteiger partial charge in [0.1, 0.15) is 5.82 Å². The second-order valence-corrected chi connectivity index (χ2v) is 5.94. The van der Waals surface area contributed by atoms with E-state index < -0.39 is 0 Å². The number of aromatic nitrogens is 2. The number of H-pyrrole nitrogens is 1. The van der Waals surface area contributed by atoms with Crippen LogP contribution in [0, 0.1) is 11.7 Å². The Kier molecular flexibility index (Phi) is 4.88. The van der Waals surface area contributed by atoms with Crippen LogP contribution in [-0.4, -0.2) is 29.2 Å². The zero-order valence-corrected chi connectivity index (χ0v) is 13.2. The van der Waals surface area contributed by atoms with Gasteiger partial charge in [0, 0.05) is 25.7 Å². The fraction of sp³-hybridized carbons (Fsp3) is 0.353. The Bertz CT molecular complexity index is 777. The lowest BCUT2D eigenvalue weighted by molar-refractivity contribution is -0.125. The molecule has 1 aliphatic rings. The highest BCUT2D eigenvalue weighted by molar-refractivity contribution is 5.79. The summed E-state index contributed by atoms with van der Waals surface area (Å²) in [5, 5.41) is 9.01. The number of nitrogens with zero attached hydrogens (tertiary/aromatic N) is 2. The van der Waals surface area contributed by atoms with E-state index in [1.165, 1.54) is 18.2 Å². The predicted octanol–water partition coefficient (Wildman–Crippen LogP) is 1.44. The zero-order chi connectivity index (χ0) is 16.9. The molecule has 24 heavy (non-hydrogen) atoms. The van der Waals surface area contributed by atoms with E-state index in [9.17, 15) is 14.0 Å². The van der Waals surface area contributed by atoms with E-state index >= 15 is 0 Å². The van der Waals surface area contributed by atoms with Crippen LogP contribution in [-0.2, 0) is 11.3 Å². The molecule has 1 atom stereocenters. The Labute approximate surface area is 138 Å². The van der Waals surface area contributed by atoms with Crippen molar-refractivity contribution in [2.75, 3.05) is 18.0 Å². The average Bonchev–Trinajstić information content (AvgIpc) is 2.60. The summed E-state index contributed by atoms with van der Waals surface area (Å²) in [5.74, 6) is -0.527. The van der Waals surface area contributed by atoms with Crippen LogP contribution in [0.2, 0.25) is 0 Å². The maximum atomic E-state index is 13.2. The number of amides is 1. The molecule has 0 spiro atoms. The van der Waals surface area contributed by atoms with Crippen LogP contribution < -0.4 is 15.8 Å². The van der Waals surface area contributed by atoms with Crippen molar-refractivity contribution in [1.82, 2.24) is 15.5 Å². The topological polar surface area (TPSA) is 78.1 Å². The third kappa shape index (κ3) is 3.98. The smallest absolute Gasteiger partial charge is 0.266 e. The number of piperidine rings is 1. The molecule has 0 aliphatic carbocycles. The Hall–Kier alpha value is -2.70. The van der Waals surface area contributed by atoms with Crippen LogP contribution in [0.1, 0.15) is 18.4 Å². The van der Waals surface area contributed by atoms with Gasteiger partial charge in [-0.1, -0.05) is 12.1 Å². The Morgan fingerprint density at radius 2 is 2.29 bits per heavy atom. The number of aromatic amines is 1. The maximum Gasteiger partial charge on any atom is 0.266 e. The number of halogens is 1. The molecule has 0 saturated carbocycles. The van der Waals surface area contributed by atoms with Crippen molar-refractivity contribution in [3.8, 4) is 0 Å². The van der Waals surface area contributed by atoms with Crippen LogP contribution in [0.15, 0.2) is 41.3 Å². The summed E-state index contributed by atoms with van der Waals surface area (Å²) >= 11 is 0.